The van der Waals surface area contributed by atoms with E-state index in [0.717, 1.165) is 11.6 Å². The molecule has 1 aliphatic heterocycles. The van der Waals surface area contributed by atoms with Crippen LogP contribution < -0.4 is 5.32 Å². The molecule has 1 amide bonds. The molecule has 0 aliphatic carbocycles. The van der Waals surface area contributed by atoms with E-state index >= 15 is 0 Å². The van der Waals surface area contributed by atoms with Crippen LogP contribution >= 0.6 is 0 Å². The first-order chi connectivity index (χ1) is 13.8. The largest absolute Gasteiger partial charge is 0.478 e. The molecular formula is C22H25NO6. The maximum absolute atomic E-state index is 12.8. The van der Waals surface area contributed by atoms with Gasteiger partial charge in [-0.3, -0.25) is 4.79 Å². The Hall–Kier alpha value is -3.19. The number of allylic oxidation sites excluding steroid dienone is 4. The minimum absolute atomic E-state index is 0.313. The third-order valence-electron chi connectivity index (χ3n) is 4.25. The molecule has 7 nitrogen and oxygen atoms in total. The Morgan fingerprint density at radius 3 is 2.45 bits per heavy atom. The molecule has 2 N–H and O–H groups in total. The summed E-state index contributed by atoms with van der Waals surface area (Å²) in [5.74, 6) is -1.91. The van der Waals surface area contributed by atoms with Crippen molar-refractivity contribution in [2.24, 2.45) is 0 Å². The second-order valence-corrected chi connectivity index (χ2v) is 6.87. The SMILES string of the molecule is CC(=O)N[C@H](Cc1ccccc1)C(=O)O[C@H](/C=C/C=C/C=C/C(=O)O)[C@@]1(C)CO1. The second kappa shape index (κ2) is 10.4. The second-order valence-electron chi connectivity index (χ2n) is 6.87. The molecule has 0 spiro atoms. The van der Waals surface area contributed by atoms with Gasteiger partial charge in [0, 0.05) is 19.4 Å². The monoisotopic (exact) mass is 399 g/mol. The number of carboxylic acid groups (broad SMARTS) is 1. The normalized spacial score (nSPS) is 20.6. The van der Waals surface area contributed by atoms with Crippen LogP contribution in [0.15, 0.2) is 66.8 Å². The summed E-state index contributed by atoms with van der Waals surface area (Å²) in [6.45, 7) is 3.62. The maximum atomic E-state index is 12.8. The Kier molecular flexibility index (Phi) is 7.91. The molecule has 2 rings (SSSR count). The zero-order valence-electron chi connectivity index (χ0n) is 16.4. The van der Waals surface area contributed by atoms with Gasteiger partial charge < -0.3 is 19.9 Å². The van der Waals surface area contributed by atoms with Gasteiger partial charge in [0.05, 0.1) is 6.61 Å². The number of amides is 1. The molecule has 0 radical (unpaired) electrons. The number of carbonyl (C=O) groups is 3. The fourth-order valence-corrected chi connectivity index (χ4v) is 2.57. The molecule has 1 saturated heterocycles. The molecule has 1 aromatic carbocycles. The molecular weight excluding hydrogens is 374 g/mol. The number of epoxide rings is 1. The van der Waals surface area contributed by atoms with E-state index in [9.17, 15) is 14.4 Å². The number of rotatable bonds is 10. The van der Waals surface area contributed by atoms with Crippen LogP contribution in [0.2, 0.25) is 0 Å². The Bertz CT molecular complexity index is 808. The standard InChI is InChI=1S/C22H25NO6/c1-16(24)23-18(14-17-10-6-5-7-11-17)21(27)29-19(22(2)15-28-22)12-8-3-4-9-13-20(25)26/h3-13,18-19H,14-15H2,1-2H3,(H,23,24)(H,25,26)/b4-3+,12-8+,13-9+/t18-,19-,22-/m1/s1. The number of esters is 1. The van der Waals surface area contributed by atoms with Gasteiger partial charge in [-0.2, -0.15) is 0 Å². The summed E-state index contributed by atoms with van der Waals surface area (Å²) in [5, 5.41) is 11.2. The van der Waals surface area contributed by atoms with Crippen LogP contribution in [0, 0.1) is 0 Å². The Morgan fingerprint density at radius 1 is 1.21 bits per heavy atom. The highest BCUT2D eigenvalue weighted by Crippen LogP contribution is 2.33. The molecule has 1 aromatic rings. The molecule has 29 heavy (non-hydrogen) atoms. The third-order valence-corrected chi connectivity index (χ3v) is 4.25. The smallest absolute Gasteiger partial charge is 0.329 e. The highest BCUT2D eigenvalue weighted by atomic mass is 16.6. The van der Waals surface area contributed by atoms with Gasteiger partial charge in [0.1, 0.15) is 11.6 Å². The van der Waals surface area contributed by atoms with Crippen LogP contribution in [0.1, 0.15) is 19.4 Å². The lowest BCUT2D eigenvalue weighted by molar-refractivity contribution is -0.153. The lowest BCUT2D eigenvalue weighted by Crippen LogP contribution is -2.45. The molecule has 1 fully saturated rings. The van der Waals surface area contributed by atoms with Crippen LogP contribution in [0.4, 0.5) is 0 Å². The van der Waals surface area contributed by atoms with Crippen LogP contribution in [-0.4, -0.2) is 47.3 Å². The van der Waals surface area contributed by atoms with Crippen molar-refractivity contribution in [2.45, 2.75) is 38.0 Å². The van der Waals surface area contributed by atoms with E-state index in [-0.39, 0.29) is 5.91 Å². The van der Waals surface area contributed by atoms with Crippen LogP contribution in [0.5, 0.6) is 0 Å². The van der Waals surface area contributed by atoms with E-state index in [1.54, 1.807) is 24.3 Å². The van der Waals surface area contributed by atoms with Gasteiger partial charge in [-0.15, -0.1) is 0 Å². The summed E-state index contributed by atoms with van der Waals surface area (Å²) in [6.07, 6.45) is 8.56. The first kappa shape index (κ1) is 22.1. The zero-order chi connectivity index (χ0) is 21.3. The van der Waals surface area contributed by atoms with Gasteiger partial charge in [0.15, 0.2) is 6.10 Å². The molecule has 1 aliphatic rings. The number of benzene rings is 1. The molecule has 1 heterocycles. The van der Waals surface area contributed by atoms with Crippen molar-refractivity contribution in [1.29, 1.82) is 0 Å². The number of hydrogen-bond donors (Lipinski definition) is 2. The van der Waals surface area contributed by atoms with Crippen molar-refractivity contribution in [3.63, 3.8) is 0 Å². The van der Waals surface area contributed by atoms with E-state index in [2.05, 4.69) is 5.32 Å². The quantitative estimate of drug-likeness (QED) is 0.270. The molecule has 0 saturated carbocycles. The molecule has 0 aromatic heterocycles. The zero-order valence-corrected chi connectivity index (χ0v) is 16.4. The highest BCUT2D eigenvalue weighted by molar-refractivity contribution is 5.83. The minimum atomic E-state index is -1.04. The summed E-state index contributed by atoms with van der Waals surface area (Å²) in [4.78, 5) is 34.7. The van der Waals surface area contributed by atoms with E-state index < -0.39 is 29.7 Å². The molecule has 0 bridgehead atoms. The first-order valence-corrected chi connectivity index (χ1v) is 9.20. The Balaban J connectivity index is 2.06. The fourth-order valence-electron chi connectivity index (χ4n) is 2.57. The van der Waals surface area contributed by atoms with E-state index in [1.165, 1.54) is 13.0 Å². The molecule has 154 valence electrons. The predicted molar refractivity (Wildman–Crippen MR) is 107 cm³/mol. The molecule has 7 heteroatoms. The van der Waals surface area contributed by atoms with Crippen molar-refractivity contribution >= 4 is 17.8 Å². The van der Waals surface area contributed by atoms with Gasteiger partial charge in [-0.05, 0) is 18.6 Å². The fraction of sp³-hybridized carbons (Fsp3) is 0.318. The lowest BCUT2D eigenvalue weighted by Gasteiger charge is -2.22. The Labute approximate surface area is 169 Å². The lowest BCUT2D eigenvalue weighted by atomic mass is 10.0. The van der Waals surface area contributed by atoms with Crippen molar-refractivity contribution < 1.29 is 29.0 Å². The van der Waals surface area contributed by atoms with Gasteiger partial charge in [0.25, 0.3) is 0 Å². The molecule has 3 atom stereocenters. The van der Waals surface area contributed by atoms with Crippen molar-refractivity contribution in [3.05, 3.63) is 72.4 Å². The average Bonchev–Trinajstić information content (AvgIpc) is 3.41. The number of hydrogen-bond acceptors (Lipinski definition) is 5. The summed E-state index contributed by atoms with van der Waals surface area (Å²) in [7, 11) is 0. The van der Waals surface area contributed by atoms with Crippen LogP contribution in [0.25, 0.3) is 0 Å². The number of nitrogens with one attached hydrogen (secondary N) is 1. The van der Waals surface area contributed by atoms with E-state index in [0.29, 0.717) is 13.0 Å². The van der Waals surface area contributed by atoms with Crippen molar-refractivity contribution in [1.82, 2.24) is 5.32 Å². The van der Waals surface area contributed by atoms with E-state index in [1.807, 2.05) is 37.3 Å². The van der Waals surface area contributed by atoms with Crippen LogP contribution in [-0.2, 0) is 30.3 Å². The van der Waals surface area contributed by atoms with Gasteiger partial charge in [0.2, 0.25) is 5.91 Å². The van der Waals surface area contributed by atoms with E-state index in [4.69, 9.17) is 14.6 Å². The van der Waals surface area contributed by atoms with Crippen molar-refractivity contribution in [3.8, 4) is 0 Å². The predicted octanol–water partition coefficient (Wildman–Crippen LogP) is 2.19. The first-order valence-electron chi connectivity index (χ1n) is 9.20. The number of aliphatic carboxylic acids is 1. The number of carboxylic acids is 1. The summed E-state index contributed by atoms with van der Waals surface area (Å²) in [6, 6.07) is 8.53. The third kappa shape index (κ3) is 7.75. The Morgan fingerprint density at radius 2 is 1.86 bits per heavy atom. The maximum Gasteiger partial charge on any atom is 0.329 e. The summed E-state index contributed by atoms with van der Waals surface area (Å²) >= 11 is 0. The van der Waals surface area contributed by atoms with Gasteiger partial charge in [-0.1, -0.05) is 54.6 Å². The average molecular weight is 399 g/mol. The highest BCUT2D eigenvalue weighted by Gasteiger charge is 2.48. The summed E-state index contributed by atoms with van der Waals surface area (Å²) < 4.78 is 11.1. The summed E-state index contributed by atoms with van der Waals surface area (Å²) in [5.41, 5.74) is 0.280. The van der Waals surface area contributed by atoms with Gasteiger partial charge in [-0.25, -0.2) is 9.59 Å². The minimum Gasteiger partial charge on any atom is -0.478 e. The van der Waals surface area contributed by atoms with Crippen molar-refractivity contribution in [2.75, 3.05) is 6.61 Å². The number of carbonyl (C=O) groups excluding carboxylic acids is 2. The van der Waals surface area contributed by atoms with Gasteiger partial charge >= 0.3 is 11.9 Å². The van der Waals surface area contributed by atoms with Crippen LogP contribution in [0.3, 0.4) is 0 Å². The number of ether oxygens (including phenoxy) is 2. The topological polar surface area (TPSA) is 105 Å². The molecule has 0 unspecified atom stereocenters.